The maximum absolute atomic E-state index is 13.5. The highest BCUT2D eigenvalue weighted by molar-refractivity contribution is 7.89. The number of anilines is 1. The van der Waals surface area contributed by atoms with Gasteiger partial charge in [-0.15, -0.1) is 0 Å². The smallest absolute Gasteiger partial charge is 0.245 e. The molecule has 2 aliphatic heterocycles. The monoisotopic (exact) mass is 409 g/mol. The number of imidazole rings is 1. The molecule has 1 saturated heterocycles. The number of pyridine rings is 1. The molecule has 2 atom stereocenters. The lowest BCUT2D eigenvalue weighted by atomic mass is 9.75. The molecular weight excluding hydrogens is 390 g/mol. The van der Waals surface area contributed by atoms with Gasteiger partial charge in [0, 0.05) is 44.1 Å². The molecule has 1 amide bonds. The minimum Gasteiger partial charge on any atom is -0.337 e. The summed E-state index contributed by atoms with van der Waals surface area (Å²) in [5, 5.41) is 2.94. The lowest BCUT2D eigenvalue weighted by Crippen LogP contribution is -2.43. The second-order valence-corrected chi connectivity index (χ2v) is 9.21. The van der Waals surface area contributed by atoms with E-state index in [2.05, 4.69) is 15.3 Å². The molecule has 2 aromatic heterocycles. The molecule has 0 aliphatic carbocycles. The van der Waals surface area contributed by atoms with Crippen molar-refractivity contribution in [3.63, 3.8) is 0 Å². The highest BCUT2D eigenvalue weighted by Crippen LogP contribution is 2.55. The molecule has 0 radical (unpaired) electrons. The van der Waals surface area contributed by atoms with E-state index in [1.54, 1.807) is 23.0 Å². The number of nitrogens with one attached hydrogen (secondary N) is 1. The number of fused-ring (bicyclic) bond motifs is 2. The van der Waals surface area contributed by atoms with Crippen molar-refractivity contribution in [1.29, 1.82) is 0 Å². The number of hydrogen-bond acceptors (Lipinski definition) is 5. The number of aryl methyl sites for hydroxylation is 1. The average Bonchev–Trinajstić information content (AvgIpc) is 3.40. The zero-order valence-corrected chi connectivity index (χ0v) is 16.5. The summed E-state index contributed by atoms with van der Waals surface area (Å²) in [6.45, 7) is 0.205. The van der Waals surface area contributed by atoms with Gasteiger partial charge in [-0.2, -0.15) is 4.31 Å². The molecule has 0 unspecified atom stereocenters. The summed E-state index contributed by atoms with van der Waals surface area (Å²) in [4.78, 5) is 21.8. The summed E-state index contributed by atoms with van der Waals surface area (Å²) < 4.78 is 30.2. The Morgan fingerprint density at radius 1 is 1.17 bits per heavy atom. The normalized spacial score (nSPS) is 24.0. The van der Waals surface area contributed by atoms with E-state index in [9.17, 15) is 13.2 Å². The first kappa shape index (κ1) is 18.0. The molecule has 0 bridgehead atoms. The van der Waals surface area contributed by atoms with E-state index in [1.807, 2.05) is 31.3 Å². The lowest BCUT2D eigenvalue weighted by Gasteiger charge is -2.33. The van der Waals surface area contributed by atoms with Crippen molar-refractivity contribution >= 4 is 21.6 Å². The van der Waals surface area contributed by atoms with E-state index in [1.165, 1.54) is 22.8 Å². The van der Waals surface area contributed by atoms with Crippen LogP contribution in [0.25, 0.3) is 0 Å². The van der Waals surface area contributed by atoms with Crippen molar-refractivity contribution in [2.75, 3.05) is 11.9 Å². The highest BCUT2D eigenvalue weighted by atomic mass is 32.2. The van der Waals surface area contributed by atoms with Gasteiger partial charge >= 0.3 is 0 Å². The zero-order valence-electron chi connectivity index (χ0n) is 15.7. The van der Waals surface area contributed by atoms with Crippen molar-refractivity contribution in [1.82, 2.24) is 18.8 Å². The van der Waals surface area contributed by atoms with Crippen LogP contribution in [-0.2, 0) is 27.3 Å². The van der Waals surface area contributed by atoms with Crippen molar-refractivity contribution in [2.24, 2.45) is 7.05 Å². The fourth-order valence-electron chi connectivity index (χ4n) is 4.54. The van der Waals surface area contributed by atoms with Crippen LogP contribution in [0.5, 0.6) is 0 Å². The van der Waals surface area contributed by atoms with E-state index in [0.29, 0.717) is 12.2 Å². The van der Waals surface area contributed by atoms with Gasteiger partial charge in [0.15, 0.2) is 0 Å². The van der Waals surface area contributed by atoms with Crippen LogP contribution in [0.1, 0.15) is 23.9 Å². The van der Waals surface area contributed by atoms with Crippen LogP contribution in [0.15, 0.2) is 66.1 Å². The summed E-state index contributed by atoms with van der Waals surface area (Å²) in [6.07, 6.45) is 6.61. The van der Waals surface area contributed by atoms with Gasteiger partial charge in [-0.05, 0) is 30.2 Å². The third kappa shape index (κ3) is 2.41. The second kappa shape index (κ2) is 6.23. The Morgan fingerprint density at radius 3 is 2.72 bits per heavy atom. The number of sulfonamides is 1. The Bertz CT molecular complexity index is 1210. The number of carbonyl (C=O) groups excluding carboxylic acids is 1. The maximum Gasteiger partial charge on any atom is 0.245 e. The Labute approximate surface area is 168 Å². The molecular formula is C20H19N5O3S. The minimum atomic E-state index is -3.88. The predicted molar refractivity (Wildman–Crippen MR) is 105 cm³/mol. The molecule has 1 spiro atoms. The van der Waals surface area contributed by atoms with Gasteiger partial charge in [0.05, 0.1) is 0 Å². The zero-order chi connectivity index (χ0) is 20.2. The van der Waals surface area contributed by atoms with Gasteiger partial charge in [0.1, 0.15) is 22.2 Å². The molecule has 8 nitrogen and oxygen atoms in total. The first-order valence-corrected chi connectivity index (χ1v) is 10.7. The average molecular weight is 409 g/mol. The van der Waals surface area contributed by atoms with Crippen LogP contribution in [0.3, 0.4) is 0 Å². The van der Waals surface area contributed by atoms with E-state index >= 15 is 0 Å². The molecule has 4 heterocycles. The Morgan fingerprint density at radius 2 is 2.00 bits per heavy atom. The van der Waals surface area contributed by atoms with E-state index in [4.69, 9.17) is 0 Å². The fraction of sp³-hybridized carbons (Fsp3) is 0.250. The number of hydrogen-bond donors (Lipinski definition) is 1. The third-order valence-corrected chi connectivity index (χ3v) is 7.73. The predicted octanol–water partition coefficient (Wildman–Crippen LogP) is 1.84. The van der Waals surface area contributed by atoms with Gasteiger partial charge in [-0.25, -0.2) is 13.4 Å². The number of nitrogens with zero attached hydrogens (tertiary/aromatic N) is 4. The molecule has 1 fully saturated rings. The fourth-order valence-corrected chi connectivity index (χ4v) is 6.14. The number of rotatable bonds is 3. The minimum absolute atomic E-state index is 0.1000. The summed E-state index contributed by atoms with van der Waals surface area (Å²) in [5.74, 6) is 0.331. The number of para-hydroxylation sites is 1. The highest BCUT2D eigenvalue weighted by Gasteiger charge is 2.62. The molecule has 0 saturated carbocycles. The molecule has 1 aromatic carbocycles. The number of benzene rings is 1. The SMILES string of the molecule is Cn1ccnc1[C@@H]1N(S(=O)(=O)c2cccnc2)CC[C@]12C(=O)Nc1ccccc12. The third-order valence-electron chi connectivity index (χ3n) is 5.89. The molecule has 5 rings (SSSR count). The quantitative estimate of drug-likeness (QED) is 0.712. The topological polar surface area (TPSA) is 97.2 Å². The van der Waals surface area contributed by atoms with Gasteiger partial charge in [0.25, 0.3) is 0 Å². The molecule has 3 aromatic rings. The van der Waals surface area contributed by atoms with Gasteiger partial charge < -0.3 is 9.88 Å². The molecule has 148 valence electrons. The first-order chi connectivity index (χ1) is 14.0. The number of amides is 1. The van der Waals surface area contributed by atoms with Crippen LogP contribution < -0.4 is 5.32 Å². The van der Waals surface area contributed by atoms with Crippen LogP contribution in [-0.4, -0.2) is 39.7 Å². The molecule has 29 heavy (non-hydrogen) atoms. The largest absolute Gasteiger partial charge is 0.337 e. The number of aromatic nitrogens is 3. The second-order valence-electron chi connectivity index (χ2n) is 7.32. The van der Waals surface area contributed by atoms with Crippen LogP contribution in [0, 0.1) is 0 Å². The van der Waals surface area contributed by atoms with E-state index < -0.39 is 21.5 Å². The van der Waals surface area contributed by atoms with E-state index in [-0.39, 0.29) is 17.3 Å². The van der Waals surface area contributed by atoms with Crippen LogP contribution in [0.2, 0.25) is 0 Å². The van der Waals surface area contributed by atoms with E-state index in [0.717, 1.165) is 11.3 Å². The standard InChI is InChI=1S/C20H19N5O3S/c1-24-12-10-22-18(24)17-20(15-6-2-3-7-16(15)23-19(20)26)8-11-25(17)29(27,28)14-5-4-9-21-13-14/h2-7,9-10,12-13,17H,8,11H2,1H3,(H,23,26)/t17-,20+/m0/s1. The lowest BCUT2D eigenvalue weighted by molar-refractivity contribution is -0.121. The van der Waals surface area contributed by atoms with Crippen molar-refractivity contribution in [3.05, 3.63) is 72.6 Å². The van der Waals surface area contributed by atoms with Gasteiger partial charge in [-0.3, -0.25) is 9.78 Å². The summed E-state index contributed by atoms with van der Waals surface area (Å²) >= 11 is 0. The summed E-state index contributed by atoms with van der Waals surface area (Å²) in [7, 11) is -2.08. The maximum atomic E-state index is 13.5. The van der Waals surface area contributed by atoms with Gasteiger partial charge in [0.2, 0.25) is 15.9 Å². The van der Waals surface area contributed by atoms with Crippen molar-refractivity contribution in [3.8, 4) is 0 Å². The van der Waals surface area contributed by atoms with Crippen molar-refractivity contribution in [2.45, 2.75) is 22.8 Å². The van der Waals surface area contributed by atoms with Gasteiger partial charge in [-0.1, -0.05) is 18.2 Å². The Kier molecular flexibility index (Phi) is 3.87. The Hall–Kier alpha value is -3.04. The molecule has 9 heteroatoms. The number of carbonyl (C=O) groups is 1. The summed E-state index contributed by atoms with van der Waals surface area (Å²) in [5.41, 5.74) is 0.490. The molecule has 2 aliphatic rings. The van der Waals surface area contributed by atoms with Crippen LogP contribution >= 0.6 is 0 Å². The Balaban J connectivity index is 1.74. The van der Waals surface area contributed by atoms with Crippen molar-refractivity contribution < 1.29 is 13.2 Å². The molecule has 1 N–H and O–H groups in total. The first-order valence-electron chi connectivity index (χ1n) is 9.26. The van der Waals surface area contributed by atoms with Crippen LogP contribution in [0.4, 0.5) is 5.69 Å². The summed E-state index contributed by atoms with van der Waals surface area (Å²) in [6, 6.07) is 9.80.